The van der Waals surface area contributed by atoms with Crippen LogP contribution in [-0.2, 0) is 9.53 Å². The van der Waals surface area contributed by atoms with Gasteiger partial charge in [-0.2, -0.15) is 0 Å². The van der Waals surface area contributed by atoms with E-state index in [9.17, 15) is 4.79 Å². The fraction of sp³-hybridized carbons (Fsp3) is 0.923. The van der Waals surface area contributed by atoms with E-state index in [2.05, 4.69) is 17.1 Å². The third-order valence-electron chi connectivity index (χ3n) is 4.26. The number of rotatable bonds is 3. The van der Waals surface area contributed by atoms with E-state index in [1.165, 1.54) is 0 Å². The molecule has 1 N–H and O–H groups in total. The van der Waals surface area contributed by atoms with Crippen LogP contribution in [0.4, 0.5) is 0 Å². The molecule has 0 aromatic carbocycles. The molecule has 0 saturated carbocycles. The highest BCUT2D eigenvalue weighted by atomic mass is 16.5. The van der Waals surface area contributed by atoms with E-state index in [0.29, 0.717) is 12.0 Å². The van der Waals surface area contributed by atoms with Crippen LogP contribution in [0.5, 0.6) is 0 Å². The molecular formula is C13H24N2O2. The lowest BCUT2D eigenvalue weighted by Crippen LogP contribution is -2.54. The van der Waals surface area contributed by atoms with Crippen LogP contribution >= 0.6 is 0 Å². The summed E-state index contributed by atoms with van der Waals surface area (Å²) < 4.78 is 5.39. The maximum atomic E-state index is 12.3. The van der Waals surface area contributed by atoms with Crippen LogP contribution in [0.25, 0.3) is 0 Å². The van der Waals surface area contributed by atoms with Gasteiger partial charge in [-0.1, -0.05) is 0 Å². The first-order chi connectivity index (χ1) is 8.24. The highest BCUT2D eigenvalue weighted by molar-refractivity contribution is 5.82. The van der Waals surface area contributed by atoms with Crippen molar-refractivity contribution in [2.45, 2.75) is 44.7 Å². The van der Waals surface area contributed by atoms with E-state index in [-0.39, 0.29) is 11.9 Å². The van der Waals surface area contributed by atoms with E-state index < -0.39 is 0 Å². The van der Waals surface area contributed by atoms with E-state index in [1.807, 2.05) is 7.05 Å². The smallest absolute Gasteiger partial charge is 0.239 e. The van der Waals surface area contributed by atoms with Gasteiger partial charge in [0, 0.05) is 25.8 Å². The van der Waals surface area contributed by atoms with Gasteiger partial charge in [0.25, 0.3) is 0 Å². The molecule has 17 heavy (non-hydrogen) atoms. The quantitative estimate of drug-likeness (QED) is 0.800. The minimum absolute atomic E-state index is 0.0334. The second-order valence-corrected chi connectivity index (χ2v) is 5.21. The zero-order chi connectivity index (χ0) is 12.3. The van der Waals surface area contributed by atoms with Crippen LogP contribution in [-0.4, -0.2) is 49.7 Å². The van der Waals surface area contributed by atoms with Gasteiger partial charge in [0.05, 0.1) is 6.04 Å². The lowest BCUT2D eigenvalue weighted by molar-refractivity contribution is -0.140. The molecule has 2 heterocycles. The number of carbonyl (C=O) groups is 1. The normalized spacial score (nSPS) is 29.4. The topological polar surface area (TPSA) is 41.6 Å². The molecule has 2 aliphatic heterocycles. The van der Waals surface area contributed by atoms with E-state index in [1.54, 1.807) is 0 Å². The van der Waals surface area contributed by atoms with Crippen molar-refractivity contribution < 1.29 is 9.53 Å². The van der Waals surface area contributed by atoms with E-state index >= 15 is 0 Å². The highest BCUT2D eigenvalue weighted by Gasteiger charge is 2.34. The molecule has 2 rings (SSSR count). The Morgan fingerprint density at radius 2 is 2.06 bits per heavy atom. The average molecular weight is 240 g/mol. The molecule has 0 aliphatic carbocycles. The molecule has 2 fully saturated rings. The standard InChI is InChI=1S/C13H24N2O2/c1-10(11-5-8-17-9-6-11)15-7-3-4-12(14-2)13(15)16/h10-12,14H,3-9H2,1-2H3. The summed E-state index contributed by atoms with van der Waals surface area (Å²) in [7, 11) is 1.88. The number of nitrogens with one attached hydrogen (secondary N) is 1. The molecule has 2 saturated heterocycles. The number of likely N-dealkylation sites (N-methyl/N-ethyl adjacent to an activating group) is 1. The predicted molar refractivity (Wildman–Crippen MR) is 66.8 cm³/mol. The van der Waals surface area contributed by atoms with Gasteiger partial charge in [-0.15, -0.1) is 0 Å². The molecule has 0 bridgehead atoms. The molecular weight excluding hydrogens is 216 g/mol. The molecule has 1 amide bonds. The van der Waals surface area contributed by atoms with Gasteiger partial charge in [0.1, 0.15) is 0 Å². The van der Waals surface area contributed by atoms with Crippen molar-refractivity contribution in [1.82, 2.24) is 10.2 Å². The third kappa shape index (κ3) is 2.80. The zero-order valence-corrected chi connectivity index (χ0v) is 10.9. The summed E-state index contributed by atoms with van der Waals surface area (Å²) in [6.45, 7) is 4.83. The van der Waals surface area contributed by atoms with Gasteiger partial charge >= 0.3 is 0 Å². The fourth-order valence-corrected chi connectivity index (χ4v) is 3.02. The number of likely N-dealkylation sites (tertiary alicyclic amines) is 1. The van der Waals surface area contributed by atoms with Crippen LogP contribution in [0.3, 0.4) is 0 Å². The van der Waals surface area contributed by atoms with Crippen LogP contribution in [0.15, 0.2) is 0 Å². The monoisotopic (exact) mass is 240 g/mol. The van der Waals surface area contributed by atoms with Crippen molar-refractivity contribution in [2.24, 2.45) is 5.92 Å². The van der Waals surface area contributed by atoms with Crippen molar-refractivity contribution >= 4 is 5.91 Å². The van der Waals surface area contributed by atoms with Crippen molar-refractivity contribution in [1.29, 1.82) is 0 Å². The molecule has 2 unspecified atom stereocenters. The van der Waals surface area contributed by atoms with E-state index in [4.69, 9.17) is 4.74 Å². The third-order valence-corrected chi connectivity index (χ3v) is 4.26. The number of carbonyl (C=O) groups excluding carboxylic acids is 1. The minimum Gasteiger partial charge on any atom is -0.381 e. The summed E-state index contributed by atoms with van der Waals surface area (Å²) in [5, 5.41) is 3.13. The molecule has 2 atom stereocenters. The number of nitrogens with zero attached hydrogens (tertiary/aromatic N) is 1. The Kier molecular flexibility index (Phi) is 4.40. The van der Waals surface area contributed by atoms with Crippen molar-refractivity contribution in [3.63, 3.8) is 0 Å². The SMILES string of the molecule is CNC1CCCN(C(C)C2CCOCC2)C1=O. The number of ether oxygens (including phenoxy) is 1. The second-order valence-electron chi connectivity index (χ2n) is 5.21. The average Bonchev–Trinajstić information content (AvgIpc) is 2.39. The second kappa shape index (κ2) is 5.83. The minimum atomic E-state index is 0.0334. The van der Waals surface area contributed by atoms with Gasteiger partial charge in [0.15, 0.2) is 0 Å². The van der Waals surface area contributed by atoms with Crippen molar-refractivity contribution in [3.8, 4) is 0 Å². The maximum Gasteiger partial charge on any atom is 0.239 e. The molecule has 0 aromatic heterocycles. The van der Waals surface area contributed by atoms with Gasteiger partial charge < -0.3 is 15.0 Å². The summed E-state index contributed by atoms with van der Waals surface area (Å²) >= 11 is 0. The zero-order valence-electron chi connectivity index (χ0n) is 10.9. The molecule has 0 aromatic rings. The molecule has 4 heteroatoms. The number of hydrogen-bond acceptors (Lipinski definition) is 3. The number of hydrogen-bond donors (Lipinski definition) is 1. The Balaban J connectivity index is 1.97. The number of piperidine rings is 1. The molecule has 0 spiro atoms. The number of amides is 1. The summed E-state index contributed by atoms with van der Waals surface area (Å²) in [5.74, 6) is 0.904. The molecule has 0 radical (unpaired) electrons. The van der Waals surface area contributed by atoms with Gasteiger partial charge in [0.2, 0.25) is 5.91 Å². The Morgan fingerprint density at radius 3 is 2.71 bits per heavy atom. The summed E-state index contributed by atoms with van der Waals surface area (Å²) in [6.07, 6.45) is 4.28. The van der Waals surface area contributed by atoms with Crippen molar-refractivity contribution in [3.05, 3.63) is 0 Å². The maximum absolute atomic E-state index is 12.3. The van der Waals surface area contributed by atoms with Gasteiger partial charge in [-0.05, 0) is 45.6 Å². The Morgan fingerprint density at radius 1 is 1.35 bits per heavy atom. The van der Waals surface area contributed by atoms with Gasteiger partial charge in [-0.3, -0.25) is 4.79 Å². The van der Waals surface area contributed by atoms with Crippen molar-refractivity contribution in [2.75, 3.05) is 26.8 Å². The summed E-state index contributed by atoms with van der Waals surface area (Å²) in [5.41, 5.74) is 0. The van der Waals surface area contributed by atoms with Crippen LogP contribution in [0.1, 0.15) is 32.6 Å². The Hall–Kier alpha value is -0.610. The first kappa shape index (κ1) is 12.8. The van der Waals surface area contributed by atoms with Crippen LogP contribution in [0.2, 0.25) is 0 Å². The summed E-state index contributed by atoms with van der Waals surface area (Å²) in [4.78, 5) is 14.4. The van der Waals surface area contributed by atoms with Crippen LogP contribution in [0, 0.1) is 5.92 Å². The predicted octanol–water partition coefficient (Wildman–Crippen LogP) is 1.01. The Bertz CT molecular complexity index is 264. The molecule has 2 aliphatic rings. The Labute approximate surface area is 104 Å². The molecule has 4 nitrogen and oxygen atoms in total. The first-order valence-electron chi connectivity index (χ1n) is 6.79. The van der Waals surface area contributed by atoms with Crippen LogP contribution < -0.4 is 5.32 Å². The highest BCUT2D eigenvalue weighted by Crippen LogP contribution is 2.25. The van der Waals surface area contributed by atoms with E-state index in [0.717, 1.165) is 45.4 Å². The largest absolute Gasteiger partial charge is 0.381 e. The summed E-state index contributed by atoms with van der Waals surface area (Å²) in [6, 6.07) is 0.397. The fourth-order valence-electron chi connectivity index (χ4n) is 3.02. The first-order valence-corrected chi connectivity index (χ1v) is 6.79. The lowest BCUT2D eigenvalue weighted by Gasteiger charge is -2.41. The lowest BCUT2D eigenvalue weighted by atomic mass is 9.90. The molecule has 98 valence electrons. The van der Waals surface area contributed by atoms with Gasteiger partial charge in [-0.25, -0.2) is 0 Å².